The van der Waals surface area contributed by atoms with E-state index in [1.807, 2.05) is 42.1 Å². The Morgan fingerprint density at radius 3 is 2.90 bits per heavy atom. The lowest BCUT2D eigenvalue weighted by atomic mass is 9.57. The minimum absolute atomic E-state index is 0.234. The topological polar surface area (TPSA) is 104 Å². The third-order valence-electron chi connectivity index (χ3n) is 8.48. The lowest BCUT2D eigenvalue weighted by Gasteiger charge is -2.46. The van der Waals surface area contributed by atoms with Crippen LogP contribution < -0.4 is 5.32 Å². The number of anilines is 1. The third-order valence-corrected chi connectivity index (χ3v) is 8.76. The van der Waals surface area contributed by atoms with Crippen LogP contribution in [0.15, 0.2) is 49.1 Å². The van der Waals surface area contributed by atoms with Gasteiger partial charge in [-0.1, -0.05) is 30.7 Å². The van der Waals surface area contributed by atoms with Crippen molar-refractivity contribution in [2.75, 3.05) is 18.4 Å². The van der Waals surface area contributed by atoms with Crippen LogP contribution in [0.1, 0.15) is 66.3 Å². The van der Waals surface area contributed by atoms with Crippen LogP contribution in [-0.4, -0.2) is 48.0 Å². The van der Waals surface area contributed by atoms with Gasteiger partial charge < -0.3 is 9.88 Å². The predicted molar refractivity (Wildman–Crippen MR) is 153 cm³/mol. The summed E-state index contributed by atoms with van der Waals surface area (Å²) in [7, 11) is 1.94. The number of aromatic nitrogens is 5. The van der Waals surface area contributed by atoms with E-state index in [2.05, 4.69) is 44.5 Å². The number of benzene rings is 1. The molecule has 0 spiro atoms. The largest absolute Gasteiger partial charge is 0.322 e. The number of carbonyl (C=O) groups excluding carboxylic acids is 1. The number of imidazole rings is 1. The molecule has 1 N–H and O–H groups in total. The highest BCUT2D eigenvalue weighted by Crippen LogP contribution is 2.53. The van der Waals surface area contributed by atoms with Gasteiger partial charge in [0.15, 0.2) is 5.65 Å². The number of carbonyl (C=O) groups is 1. The fourth-order valence-electron chi connectivity index (χ4n) is 6.61. The monoisotopic (exact) mass is 556 g/mol. The number of likely N-dealkylation sites (tertiary alicyclic amines) is 1. The highest BCUT2D eigenvalue weighted by Gasteiger charge is 2.49. The Kier molecular flexibility index (Phi) is 7.07. The molecule has 3 aromatic heterocycles. The number of aryl methyl sites for hydroxylation is 1. The first-order valence-electron chi connectivity index (χ1n) is 13.9. The molecule has 1 aliphatic heterocycles. The quantitative estimate of drug-likeness (QED) is 0.335. The van der Waals surface area contributed by atoms with Crippen LogP contribution in [0.2, 0.25) is 5.15 Å². The Morgan fingerprint density at radius 1 is 1.30 bits per heavy atom. The van der Waals surface area contributed by atoms with Crippen LogP contribution in [0.25, 0.3) is 5.65 Å². The van der Waals surface area contributed by atoms with Crippen LogP contribution in [0.5, 0.6) is 0 Å². The summed E-state index contributed by atoms with van der Waals surface area (Å²) in [5.74, 6) is 1.62. The van der Waals surface area contributed by atoms with Crippen molar-refractivity contribution in [3.05, 3.63) is 76.7 Å². The van der Waals surface area contributed by atoms with Crippen molar-refractivity contribution < 1.29 is 4.79 Å². The van der Waals surface area contributed by atoms with Crippen molar-refractivity contribution in [3.63, 3.8) is 0 Å². The molecule has 9 nitrogen and oxygen atoms in total. The Balaban J connectivity index is 1.29. The second-order valence-electron chi connectivity index (χ2n) is 11.5. The molecule has 0 radical (unpaired) electrons. The molecule has 0 bridgehead atoms. The van der Waals surface area contributed by atoms with E-state index in [0.29, 0.717) is 40.3 Å². The summed E-state index contributed by atoms with van der Waals surface area (Å²) >= 11 is 6.46. The fourth-order valence-corrected chi connectivity index (χ4v) is 6.79. The molecule has 1 atom stereocenters. The summed E-state index contributed by atoms with van der Waals surface area (Å²) in [5, 5.41) is 21.4. The number of pyridine rings is 1. The summed E-state index contributed by atoms with van der Waals surface area (Å²) in [5.41, 5.74) is 3.45. The summed E-state index contributed by atoms with van der Waals surface area (Å²) in [6.45, 7) is 5.15. The van der Waals surface area contributed by atoms with Gasteiger partial charge in [0.1, 0.15) is 17.3 Å². The minimum atomic E-state index is -0.344. The molecule has 6 rings (SSSR count). The van der Waals surface area contributed by atoms with Crippen LogP contribution in [0.4, 0.5) is 5.69 Å². The lowest BCUT2D eigenvalue weighted by molar-refractivity contribution is 0.102. The van der Waals surface area contributed by atoms with Gasteiger partial charge in [0.25, 0.3) is 5.91 Å². The molecule has 0 unspecified atom stereocenters. The molecule has 2 aliphatic rings. The predicted octanol–water partition coefficient (Wildman–Crippen LogP) is 5.21. The van der Waals surface area contributed by atoms with Gasteiger partial charge in [0.2, 0.25) is 0 Å². The minimum Gasteiger partial charge on any atom is -0.322 e. The number of nitrogens with zero attached hydrogens (tertiary/aromatic N) is 7. The molecule has 1 aliphatic carbocycles. The Morgan fingerprint density at radius 2 is 2.15 bits per heavy atom. The lowest BCUT2D eigenvalue weighted by Crippen LogP contribution is -2.44. The van der Waals surface area contributed by atoms with Gasteiger partial charge >= 0.3 is 0 Å². The van der Waals surface area contributed by atoms with Crippen LogP contribution in [0, 0.1) is 23.2 Å². The van der Waals surface area contributed by atoms with Crippen molar-refractivity contribution in [2.45, 2.75) is 51.0 Å². The maximum atomic E-state index is 13.7. The van der Waals surface area contributed by atoms with Gasteiger partial charge in [-0.25, -0.2) is 4.98 Å². The second-order valence-corrected chi connectivity index (χ2v) is 11.9. The van der Waals surface area contributed by atoms with Gasteiger partial charge in [0, 0.05) is 38.4 Å². The van der Waals surface area contributed by atoms with E-state index in [4.69, 9.17) is 11.6 Å². The number of rotatable bonds is 7. The van der Waals surface area contributed by atoms with Crippen LogP contribution >= 0.6 is 11.6 Å². The highest BCUT2D eigenvalue weighted by atomic mass is 35.5. The molecule has 40 heavy (non-hydrogen) atoms. The van der Waals surface area contributed by atoms with E-state index in [0.717, 1.165) is 49.4 Å². The smallest absolute Gasteiger partial charge is 0.259 e. The van der Waals surface area contributed by atoms with Gasteiger partial charge in [-0.05, 0) is 73.4 Å². The maximum absolute atomic E-state index is 13.7. The third kappa shape index (κ3) is 4.87. The van der Waals surface area contributed by atoms with E-state index >= 15 is 0 Å². The van der Waals surface area contributed by atoms with Crippen molar-refractivity contribution >= 4 is 28.8 Å². The Bertz CT molecular complexity index is 1590. The summed E-state index contributed by atoms with van der Waals surface area (Å²) < 4.78 is 3.74. The first-order chi connectivity index (χ1) is 19.4. The molecule has 1 saturated heterocycles. The first-order valence-corrected chi connectivity index (χ1v) is 14.3. The zero-order valence-corrected chi connectivity index (χ0v) is 23.6. The molecule has 1 aromatic carbocycles. The number of hydrogen-bond donors (Lipinski definition) is 1. The number of halogens is 1. The number of amides is 1. The van der Waals surface area contributed by atoms with Gasteiger partial charge in [-0.3, -0.25) is 14.1 Å². The van der Waals surface area contributed by atoms with E-state index in [9.17, 15) is 10.1 Å². The summed E-state index contributed by atoms with van der Waals surface area (Å²) in [4.78, 5) is 20.6. The molecule has 4 aromatic rings. The fraction of sp³-hybridized carbons (Fsp3) is 0.433. The van der Waals surface area contributed by atoms with Crippen LogP contribution in [-0.2, 0) is 19.0 Å². The van der Waals surface area contributed by atoms with E-state index in [-0.39, 0.29) is 11.3 Å². The zero-order valence-electron chi connectivity index (χ0n) is 22.8. The molecule has 206 valence electrons. The molecule has 10 heteroatoms. The maximum Gasteiger partial charge on any atom is 0.259 e. The number of fused-ring (bicyclic) bond motifs is 1. The Labute approximate surface area is 238 Å². The molecule has 1 saturated carbocycles. The van der Waals surface area contributed by atoms with E-state index in [1.54, 1.807) is 16.9 Å². The number of piperidine rings is 1. The molecule has 1 amide bonds. The van der Waals surface area contributed by atoms with Gasteiger partial charge in [0.05, 0.1) is 23.2 Å². The van der Waals surface area contributed by atoms with Crippen molar-refractivity contribution in [2.24, 2.45) is 18.9 Å². The standard InChI is InChI=1S/C30H33ClN8O/c1-20-5-4-10-38(16-20)17-22-11-25(27-33-15-26(31)39(27)18-22)28(40)35-24-7-3-6-23(12-24)30(13-21(14-30)8-9-32)29-36-34-19-37(29)2/h3,6-7,11-12,15,18-21H,4-5,8,10,13-14,16-17H2,1-2H3,(H,35,40)/t20-,21?,30?/m0/s1. The zero-order chi connectivity index (χ0) is 27.9. The van der Waals surface area contributed by atoms with E-state index in [1.165, 1.54) is 12.8 Å². The second kappa shape index (κ2) is 10.7. The number of hydrogen-bond acceptors (Lipinski definition) is 6. The molecular weight excluding hydrogens is 524 g/mol. The van der Waals surface area contributed by atoms with Crippen molar-refractivity contribution in [1.29, 1.82) is 5.26 Å². The first kappa shape index (κ1) is 26.5. The van der Waals surface area contributed by atoms with Crippen LogP contribution in [0.3, 0.4) is 0 Å². The number of nitriles is 1. The van der Waals surface area contributed by atoms with Gasteiger partial charge in [-0.2, -0.15) is 5.26 Å². The highest BCUT2D eigenvalue weighted by molar-refractivity contribution is 6.30. The van der Waals surface area contributed by atoms with Crippen molar-refractivity contribution in [3.8, 4) is 6.07 Å². The van der Waals surface area contributed by atoms with E-state index < -0.39 is 0 Å². The summed E-state index contributed by atoms with van der Waals surface area (Å²) in [6.07, 6.45) is 9.87. The average molecular weight is 557 g/mol. The van der Waals surface area contributed by atoms with Gasteiger partial charge in [-0.15, -0.1) is 10.2 Å². The normalized spacial score (nSPS) is 23.1. The molecular formula is C30H33ClN8O. The summed E-state index contributed by atoms with van der Waals surface area (Å²) in [6, 6.07) is 12.2. The molecule has 2 fully saturated rings. The number of nitrogens with one attached hydrogen (secondary N) is 1. The SMILES string of the molecule is C[C@H]1CCCN(Cc2cc(C(=O)Nc3cccc(C4(c5nncn5C)CC(CC#N)C4)c3)c3ncc(Cl)n3c2)C1. The molecule has 4 heterocycles. The average Bonchev–Trinajstić information content (AvgIpc) is 3.51. The van der Waals surface area contributed by atoms with Crippen molar-refractivity contribution in [1.82, 2.24) is 29.0 Å². The Hall–Kier alpha value is -3.74.